The van der Waals surface area contributed by atoms with Crippen LogP contribution in [0.15, 0.2) is 168 Å². The van der Waals surface area contributed by atoms with Gasteiger partial charge in [-0.25, -0.2) is 15.0 Å². The normalized spacial score (nSPS) is 11.7. The Hall–Kier alpha value is -6.65. The summed E-state index contributed by atoms with van der Waals surface area (Å²) in [6.07, 6.45) is 0. The molecule has 0 N–H and O–H groups in total. The van der Waals surface area contributed by atoms with E-state index in [1.165, 1.54) is 32.7 Å². The van der Waals surface area contributed by atoms with Crippen molar-refractivity contribution in [2.75, 3.05) is 0 Å². The van der Waals surface area contributed by atoms with E-state index in [2.05, 4.69) is 133 Å². The summed E-state index contributed by atoms with van der Waals surface area (Å²) in [5, 5.41) is 9.07. The maximum absolute atomic E-state index is 6.25. The van der Waals surface area contributed by atoms with E-state index >= 15 is 0 Å². The Kier molecular flexibility index (Phi) is 6.15. The molecule has 0 saturated carbocycles. The van der Waals surface area contributed by atoms with Crippen LogP contribution < -0.4 is 0 Å². The fourth-order valence-electron chi connectivity index (χ4n) is 7.14. The van der Waals surface area contributed by atoms with Gasteiger partial charge in [-0.3, -0.25) is 0 Å². The molecule has 0 aliphatic heterocycles. The summed E-state index contributed by atoms with van der Waals surface area (Å²) in [4.78, 5) is 15.5. The topological polar surface area (TPSA) is 51.8 Å². The molecular formula is C45H27N3O. The quantitative estimate of drug-likeness (QED) is 0.183. The molecule has 10 rings (SSSR count). The smallest absolute Gasteiger partial charge is 0.164 e. The van der Waals surface area contributed by atoms with Gasteiger partial charge >= 0.3 is 0 Å². The summed E-state index contributed by atoms with van der Waals surface area (Å²) < 4.78 is 6.25. The van der Waals surface area contributed by atoms with Gasteiger partial charge in [-0.1, -0.05) is 133 Å². The number of rotatable bonds is 4. The highest BCUT2D eigenvalue weighted by molar-refractivity contribution is 6.15. The van der Waals surface area contributed by atoms with Crippen LogP contribution in [0.3, 0.4) is 0 Å². The number of aromatic nitrogens is 3. The molecule has 0 saturated heterocycles. The Morgan fingerprint density at radius 3 is 1.80 bits per heavy atom. The van der Waals surface area contributed by atoms with Crippen molar-refractivity contribution in [2.24, 2.45) is 0 Å². The first-order chi connectivity index (χ1) is 24.3. The molecule has 4 heteroatoms. The molecule has 228 valence electrons. The number of para-hydroxylation sites is 1. The Morgan fingerprint density at radius 2 is 0.959 bits per heavy atom. The molecule has 8 aromatic carbocycles. The maximum atomic E-state index is 6.25. The van der Waals surface area contributed by atoms with Crippen LogP contribution in [0.2, 0.25) is 0 Å². The summed E-state index contributed by atoms with van der Waals surface area (Å²) in [5.41, 5.74) is 6.84. The number of hydrogen-bond acceptors (Lipinski definition) is 4. The lowest BCUT2D eigenvalue weighted by atomic mass is 9.92. The van der Waals surface area contributed by atoms with Gasteiger partial charge in [0, 0.05) is 27.5 Å². The molecule has 0 unspecified atom stereocenters. The number of furan rings is 1. The number of benzene rings is 8. The van der Waals surface area contributed by atoms with Crippen molar-refractivity contribution < 1.29 is 4.42 Å². The SMILES string of the molecule is c1ccc(-c2cc3ccc(-c4nc(-c5ccc6ccccc6c5)nc(-c5cccc6oc7ccccc7c56)n4)cc3c3ccccc23)cc1. The minimum Gasteiger partial charge on any atom is -0.456 e. The average molecular weight is 626 g/mol. The first-order valence-electron chi connectivity index (χ1n) is 16.4. The maximum Gasteiger partial charge on any atom is 0.164 e. The van der Waals surface area contributed by atoms with Gasteiger partial charge in [0.15, 0.2) is 17.5 Å². The van der Waals surface area contributed by atoms with Crippen molar-refractivity contribution in [2.45, 2.75) is 0 Å². The molecular weight excluding hydrogens is 599 g/mol. The monoisotopic (exact) mass is 625 g/mol. The van der Waals surface area contributed by atoms with E-state index in [4.69, 9.17) is 19.4 Å². The van der Waals surface area contributed by atoms with E-state index in [1.807, 2.05) is 30.3 Å². The van der Waals surface area contributed by atoms with Crippen LogP contribution in [0.5, 0.6) is 0 Å². The van der Waals surface area contributed by atoms with Crippen molar-refractivity contribution in [1.82, 2.24) is 15.0 Å². The molecule has 49 heavy (non-hydrogen) atoms. The van der Waals surface area contributed by atoms with Gasteiger partial charge < -0.3 is 4.42 Å². The molecule has 0 bridgehead atoms. The van der Waals surface area contributed by atoms with Crippen molar-refractivity contribution >= 4 is 54.3 Å². The van der Waals surface area contributed by atoms with Crippen LogP contribution in [0, 0.1) is 0 Å². The second-order valence-electron chi connectivity index (χ2n) is 12.4. The van der Waals surface area contributed by atoms with Gasteiger partial charge in [0.2, 0.25) is 0 Å². The third kappa shape index (κ3) is 4.57. The van der Waals surface area contributed by atoms with Crippen LogP contribution in [-0.4, -0.2) is 15.0 Å². The molecule has 0 amide bonds. The summed E-state index contributed by atoms with van der Waals surface area (Å²) >= 11 is 0. The van der Waals surface area contributed by atoms with Gasteiger partial charge in [0.05, 0.1) is 0 Å². The third-order valence-electron chi connectivity index (χ3n) is 9.49. The number of hydrogen-bond donors (Lipinski definition) is 0. The zero-order chi connectivity index (χ0) is 32.3. The van der Waals surface area contributed by atoms with E-state index < -0.39 is 0 Å². The molecule has 4 nitrogen and oxygen atoms in total. The third-order valence-corrected chi connectivity index (χ3v) is 9.49. The van der Waals surface area contributed by atoms with Crippen LogP contribution in [0.1, 0.15) is 0 Å². The molecule has 0 spiro atoms. The predicted octanol–water partition coefficient (Wildman–Crippen LogP) is 11.9. The summed E-state index contributed by atoms with van der Waals surface area (Å²) in [6, 6.07) is 57.0. The van der Waals surface area contributed by atoms with Gasteiger partial charge in [0.25, 0.3) is 0 Å². The minimum absolute atomic E-state index is 0.606. The van der Waals surface area contributed by atoms with E-state index in [9.17, 15) is 0 Å². The molecule has 0 radical (unpaired) electrons. The average Bonchev–Trinajstić information content (AvgIpc) is 3.56. The Balaban J connectivity index is 1.22. The molecule has 0 aliphatic carbocycles. The van der Waals surface area contributed by atoms with Gasteiger partial charge in [-0.15, -0.1) is 0 Å². The lowest BCUT2D eigenvalue weighted by Gasteiger charge is -2.13. The van der Waals surface area contributed by atoms with Crippen LogP contribution in [0.25, 0.3) is 99.5 Å². The summed E-state index contributed by atoms with van der Waals surface area (Å²) in [5.74, 6) is 1.85. The molecule has 2 aromatic heterocycles. The first kappa shape index (κ1) is 27.5. The zero-order valence-electron chi connectivity index (χ0n) is 26.3. The van der Waals surface area contributed by atoms with Gasteiger partial charge in [-0.05, 0) is 73.8 Å². The number of fused-ring (bicyclic) bond motifs is 7. The Morgan fingerprint density at radius 1 is 0.327 bits per heavy atom. The van der Waals surface area contributed by atoms with Gasteiger partial charge in [0.1, 0.15) is 11.2 Å². The van der Waals surface area contributed by atoms with E-state index in [1.54, 1.807) is 0 Å². The Bertz CT molecular complexity index is 2890. The summed E-state index contributed by atoms with van der Waals surface area (Å²) in [6.45, 7) is 0. The molecule has 0 atom stereocenters. The number of nitrogens with zero attached hydrogens (tertiary/aromatic N) is 3. The predicted molar refractivity (Wildman–Crippen MR) is 201 cm³/mol. The highest BCUT2D eigenvalue weighted by Crippen LogP contribution is 2.39. The highest BCUT2D eigenvalue weighted by atomic mass is 16.3. The van der Waals surface area contributed by atoms with E-state index in [0.717, 1.165) is 49.4 Å². The molecule has 10 aromatic rings. The largest absolute Gasteiger partial charge is 0.456 e. The fraction of sp³-hybridized carbons (Fsp3) is 0. The lowest BCUT2D eigenvalue weighted by Crippen LogP contribution is -2.00. The van der Waals surface area contributed by atoms with Crippen molar-refractivity contribution in [1.29, 1.82) is 0 Å². The van der Waals surface area contributed by atoms with Crippen LogP contribution >= 0.6 is 0 Å². The Labute approximate surface area is 282 Å². The zero-order valence-corrected chi connectivity index (χ0v) is 26.3. The summed E-state index contributed by atoms with van der Waals surface area (Å²) in [7, 11) is 0. The second kappa shape index (κ2) is 11.0. The van der Waals surface area contributed by atoms with Crippen molar-refractivity contribution in [3.8, 4) is 45.3 Å². The lowest BCUT2D eigenvalue weighted by molar-refractivity contribution is 0.669. The van der Waals surface area contributed by atoms with E-state index in [-0.39, 0.29) is 0 Å². The molecule has 0 fully saturated rings. The van der Waals surface area contributed by atoms with Crippen LogP contribution in [-0.2, 0) is 0 Å². The highest BCUT2D eigenvalue weighted by Gasteiger charge is 2.18. The van der Waals surface area contributed by atoms with Gasteiger partial charge in [-0.2, -0.15) is 0 Å². The molecule has 0 aliphatic rings. The van der Waals surface area contributed by atoms with Crippen molar-refractivity contribution in [3.05, 3.63) is 164 Å². The van der Waals surface area contributed by atoms with Crippen LogP contribution in [0.4, 0.5) is 0 Å². The van der Waals surface area contributed by atoms with Crippen molar-refractivity contribution in [3.63, 3.8) is 0 Å². The standard InChI is InChI=1S/C45H27N3O/c1-2-12-29(13-3-1)38-26-31-22-24-33(27-39(31)35-16-7-6-15-34(35)38)44-46-43(32-23-21-28-11-4-5-14-30(28)25-32)47-45(48-44)37-18-10-20-41-42(37)36-17-8-9-19-40(36)49-41/h1-27H. The molecule has 2 heterocycles. The van der Waals surface area contributed by atoms with E-state index in [0.29, 0.717) is 17.5 Å². The fourth-order valence-corrected chi connectivity index (χ4v) is 7.14. The first-order valence-corrected chi connectivity index (χ1v) is 16.4. The second-order valence-corrected chi connectivity index (χ2v) is 12.4. The minimum atomic E-state index is 0.606.